The minimum absolute atomic E-state index is 0.108. The summed E-state index contributed by atoms with van der Waals surface area (Å²) in [7, 11) is 1.85. The minimum Gasteiger partial charge on any atom is -0.490 e. The van der Waals surface area contributed by atoms with Crippen molar-refractivity contribution < 1.29 is 14.3 Å². The number of hydrogen-bond acceptors (Lipinski definition) is 4. The van der Waals surface area contributed by atoms with Crippen LogP contribution in [0.15, 0.2) is 18.2 Å². The zero-order chi connectivity index (χ0) is 14.8. The maximum absolute atomic E-state index is 12.0. The normalized spacial score (nSPS) is 10.2. The van der Waals surface area contributed by atoms with Gasteiger partial charge in [0.05, 0.1) is 13.2 Å². The van der Waals surface area contributed by atoms with Gasteiger partial charge in [0, 0.05) is 18.7 Å². The quantitative estimate of drug-likeness (QED) is 0.677. The van der Waals surface area contributed by atoms with Gasteiger partial charge in [-0.25, -0.2) is 0 Å². The predicted octanol–water partition coefficient (Wildman–Crippen LogP) is 1.82. The van der Waals surface area contributed by atoms with Crippen molar-refractivity contribution in [3.8, 4) is 11.5 Å². The number of nitrogens with one attached hydrogen (secondary N) is 2. The van der Waals surface area contributed by atoms with Crippen LogP contribution < -0.4 is 20.1 Å². The third-order valence-electron chi connectivity index (χ3n) is 2.63. The molecule has 1 amide bonds. The van der Waals surface area contributed by atoms with E-state index in [1.165, 1.54) is 0 Å². The molecule has 5 nitrogen and oxygen atoms in total. The lowest BCUT2D eigenvalue weighted by Gasteiger charge is -2.13. The van der Waals surface area contributed by atoms with Crippen molar-refractivity contribution in [2.75, 3.05) is 33.4 Å². The second-order valence-electron chi connectivity index (χ2n) is 4.30. The van der Waals surface area contributed by atoms with Gasteiger partial charge in [0.1, 0.15) is 0 Å². The number of carbonyl (C=O) groups is 1. The van der Waals surface area contributed by atoms with Gasteiger partial charge in [-0.2, -0.15) is 0 Å². The molecule has 1 aromatic rings. The average Bonchev–Trinajstić information content (AvgIpc) is 2.46. The molecule has 0 saturated carbocycles. The fraction of sp³-hybridized carbons (Fsp3) is 0.533. The lowest BCUT2D eigenvalue weighted by Crippen LogP contribution is -2.30. The fourth-order valence-corrected chi connectivity index (χ4v) is 1.65. The first-order valence-corrected chi connectivity index (χ1v) is 7.05. The van der Waals surface area contributed by atoms with Crippen LogP contribution in [0.3, 0.4) is 0 Å². The summed E-state index contributed by atoms with van der Waals surface area (Å²) < 4.78 is 11.1. The fourth-order valence-electron chi connectivity index (χ4n) is 1.65. The predicted molar refractivity (Wildman–Crippen MR) is 79.7 cm³/mol. The van der Waals surface area contributed by atoms with E-state index in [1.54, 1.807) is 18.2 Å². The van der Waals surface area contributed by atoms with Gasteiger partial charge in [-0.05, 0) is 38.6 Å². The third kappa shape index (κ3) is 5.09. The standard InChI is InChI=1S/C15H24N2O3/c1-4-10-20-13-7-6-12(11-14(13)19-5-2)15(18)17-9-8-16-3/h6-7,11,16H,4-5,8-10H2,1-3H3,(H,17,18). The Morgan fingerprint density at radius 3 is 2.60 bits per heavy atom. The van der Waals surface area contributed by atoms with Gasteiger partial charge in [-0.1, -0.05) is 6.92 Å². The topological polar surface area (TPSA) is 59.6 Å². The molecular formula is C15H24N2O3. The molecule has 0 heterocycles. The van der Waals surface area contributed by atoms with Crippen molar-refractivity contribution in [1.29, 1.82) is 0 Å². The Balaban J connectivity index is 2.77. The van der Waals surface area contributed by atoms with Crippen LogP contribution in [-0.2, 0) is 0 Å². The van der Waals surface area contributed by atoms with E-state index in [1.807, 2.05) is 20.9 Å². The number of carbonyl (C=O) groups excluding carboxylic acids is 1. The highest BCUT2D eigenvalue weighted by atomic mass is 16.5. The Morgan fingerprint density at radius 2 is 1.95 bits per heavy atom. The maximum atomic E-state index is 12.0. The van der Waals surface area contributed by atoms with Gasteiger partial charge in [-0.3, -0.25) is 4.79 Å². The van der Waals surface area contributed by atoms with Crippen LogP contribution in [0.2, 0.25) is 0 Å². The van der Waals surface area contributed by atoms with Gasteiger partial charge >= 0.3 is 0 Å². The molecule has 0 saturated heterocycles. The number of rotatable bonds is 9. The van der Waals surface area contributed by atoms with Crippen molar-refractivity contribution in [2.45, 2.75) is 20.3 Å². The van der Waals surface area contributed by atoms with Gasteiger partial charge in [0.2, 0.25) is 0 Å². The molecule has 0 spiro atoms. The van der Waals surface area contributed by atoms with Crippen molar-refractivity contribution in [3.63, 3.8) is 0 Å². The molecule has 1 rings (SSSR count). The van der Waals surface area contributed by atoms with Gasteiger partial charge in [0.15, 0.2) is 11.5 Å². The third-order valence-corrected chi connectivity index (χ3v) is 2.63. The van der Waals surface area contributed by atoms with E-state index in [4.69, 9.17) is 9.47 Å². The molecule has 0 unspecified atom stereocenters. The maximum Gasteiger partial charge on any atom is 0.251 e. The van der Waals surface area contributed by atoms with E-state index in [-0.39, 0.29) is 5.91 Å². The molecule has 0 fully saturated rings. The van der Waals surface area contributed by atoms with E-state index in [0.29, 0.717) is 36.8 Å². The molecule has 0 bridgehead atoms. The van der Waals surface area contributed by atoms with Crippen LogP contribution in [0.1, 0.15) is 30.6 Å². The second kappa shape index (κ2) is 9.20. The van der Waals surface area contributed by atoms with Crippen molar-refractivity contribution >= 4 is 5.91 Å². The average molecular weight is 280 g/mol. The Kier molecular flexibility index (Phi) is 7.50. The first-order chi connectivity index (χ1) is 9.72. The zero-order valence-corrected chi connectivity index (χ0v) is 12.5. The first-order valence-electron chi connectivity index (χ1n) is 7.05. The number of ether oxygens (including phenoxy) is 2. The minimum atomic E-state index is -0.108. The SMILES string of the molecule is CCCOc1ccc(C(=O)NCCNC)cc1OCC. The molecule has 0 aliphatic rings. The highest BCUT2D eigenvalue weighted by Gasteiger charge is 2.11. The molecule has 2 N–H and O–H groups in total. The molecule has 0 atom stereocenters. The smallest absolute Gasteiger partial charge is 0.251 e. The molecule has 0 aliphatic heterocycles. The Hall–Kier alpha value is -1.75. The van der Waals surface area contributed by atoms with E-state index in [0.717, 1.165) is 13.0 Å². The zero-order valence-electron chi connectivity index (χ0n) is 12.5. The van der Waals surface area contributed by atoms with Crippen LogP contribution in [0.4, 0.5) is 0 Å². The van der Waals surface area contributed by atoms with Gasteiger partial charge in [0.25, 0.3) is 5.91 Å². The first kappa shape index (κ1) is 16.3. The molecule has 5 heteroatoms. The lowest BCUT2D eigenvalue weighted by atomic mass is 10.2. The van der Waals surface area contributed by atoms with Crippen molar-refractivity contribution in [3.05, 3.63) is 23.8 Å². The van der Waals surface area contributed by atoms with Gasteiger partial charge < -0.3 is 20.1 Å². The van der Waals surface area contributed by atoms with Crippen LogP contribution >= 0.6 is 0 Å². The van der Waals surface area contributed by atoms with Crippen LogP contribution in [0, 0.1) is 0 Å². The number of benzene rings is 1. The Labute approximate surface area is 120 Å². The number of amides is 1. The molecular weight excluding hydrogens is 256 g/mol. The molecule has 112 valence electrons. The van der Waals surface area contributed by atoms with Gasteiger partial charge in [-0.15, -0.1) is 0 Å². The summed E-state index contributed by atoms with van der Waals surface area (Å²) in [4.78, 5) is 12.0. The summed E-state index contributed by atoms with van der Waals surface area (Å²) in [5.74, 6) is 1.19. The second-order valence-corrected chi connectivity index (χ2v) is 4.30. The Bertz CT molecular complexity index is 422. The largest absolute Gasteiger partial charge is 0.490 e. The van der Waals surface area contributed by atoms with Crippen molar-refractivity contribution in [1.82, 2.24) is 10.6 Å². The highest BCUT2D eigenvalue weighted by molar-refractivity contribution is 5.94. The molecule has 0 aromatic heterocycles. The monoisotopic (exact) mass is 280 g/mol. The van der Waals surface area contributed by atoms with Crippen LogP contribution in [0.5, 0.6) is 11.5 Å². The molecule has 0 aliphatic carbocycles. The summed E-state index contributed by atoms with van der Waals surface area (Å²) in [6, 6.07) is 5.26. The number of hydrogen-bond donors (Lipinski definition) is 2. The van der Waals surface area contributed by atoms with E-state index >= 15 is 0 Å². The van der Waals surface area contributed by atoms with E-state index in [9.17, 15) is 4.79 Å². The summed E-state index contributed by atoms with van der Waals surface area (Å²) in [5.41, 5.74) is 0.577. The summed E-state index contributed by atoms with van der Waals surface area (Å²) in [6.45, 7) is 6.45. The highest BCUT2D eigenvalue weighted by Crippen LogP contribution is 2.28. The van der Waals surface area contributed by atoms with Crippen molar-refractivity contribution in [2.24, 2.45) is 0 Å². The van der Waals surface area contributed by atoms with Crippen LogP contribution in [0.25, 0.3) is 0 Å². The molecule has 1 aromatic carbocycles. The summed E-state index contributed by atoms with van der Waals surface area (Å²) in [5, 5.41) is 5.81. The van der Waals surface area contributed by atoms with E-state index in [2.05, 4.69) is 10.6 Å². The summed E-state index contributed by atoms with van der Waals surface area (Å²) >= 11 is 0. The Morgan fingerprint density at radius 1 is 1.15 bits per heavy atom. The van der Waals surface area contributed by atoms with Crippen LogP contribution in [-0.4, -0.2) is 39.3 Å². The summed E-state index contributed by atoms with van der Waals surface area (Å²) in [6.07, 6.45) is 0.928. The van der Waals surface area contributed by atoms with E-state index < -0.39 is 0 Å². The molecule has 20 heavy (non-hydrogen) atoms. The number of likely N-dealkylation sites (N-methyl/N-ethyl adjacent to an activating group) is 1. The molecule has 0 radical (unpaired) electrons. The lowest BCUT2D eigenvalue weighted by molar-refractivity contribution is 0.0953.